The van der Waals surface area contributed by atoms with Gasteiger partial charge in [0.1, 0.15) is 5.54 Å². The van der Waals surface area contributed by atoms with Crippen molar-refractivity contribution in [3.63, 3.8) is 0 Å². The summed E-state index contributed by atoms with van der Waals surface area (Å²) in [5.41, 5.74) is 6.21. The first-order chi connectivity index (χ1) is 7.08. The SMILES string of the molecule is COC(=O)[C@]1(N)C[C@H]1c1ccc(Br)cc1.Cl. The second-order valence-corrected chi connectivity index (χ2v) is 4.76. The lowest BCUT2D eigenvalue weighted by Crippen LogP contribution is -2.35. The van der Waals surface area contributed by atoms with Crippen molar-refractivity contribution < 1.29 is 9.53 Å². The molecule has 88 valence electrons. The normalized spacial score (nSPS) is 26.8. The largest absolute Gasteiger partial charge is 0.468 e. The lowest BCUT2D eigenvalue weighted by atomic mass is 10.1. The number of carbonyl (C=O) groups excluding carboxylic acids is 1. The second-order valence-electron chi connectivity index (χ2n) is 3.84. The van der Waals surface area contributed by atoms with Gasteiger partial charge in [-0.25, -0.2) is 0 Å². The molecule has 0 spiro atoms. The van der Waals surface area contributed by atoms with Crippen molar-refractivity contribution in [2.45, 2.75) is 17.9 Å². The fraction of sp³-hybridized carbons (Fsp3) is 0.364. The van der Waals surface area contributed by atoms with Crippen LogP contribution in [0.5, 0.6) is 0 Å². The van der Waals surface area contributed by atoms with Gasteiger partial charge in [-0.15, -0.1) is 12.4 Å². The van der Waals surface area contributed by atoms with Crippen LogP contribution in [-0.2, 0) is 9.53 Å². The fourth-order valence-electron chi connectivity index (χ4n) is 1.80. The fourth-order valence-corrected chi connectivity index (χ4v) is 2.07. The zero-order chi connectivity index (χ0) is 11.1. The summed E-state index contributed by atoms with van der Waals surface area (Å²) >= 11 is 3.36. The van der Waals surface area contributed by atoms with Crippen molar-refractivity contribution in [1.29, 1.82) is 0 Å². The third-order valence-corrected chi connectivity index (χ3v) is 3.37. The zero-order valence-corrected chi connectivity index (χ0v) is 11.2. The topological polar surface area (TPSA) is 52.3 Å². The van der Waals surface area contributed by atoms with Crippen molar-refractivity contribution >= 4 is 34.3 Å². The Hall–Kier alpha value is -0.580. The smallest absolute Gasteiger partial charge is 0.326 e. The van der Waals surface area contributed by atoms with E-state index in [9.17, 15) is 4.79 Å². The number of nitrogens with two attached hydrogens (primary N) is 1. The Morgan fingerprint density at radius 2 is 2.06 bits per heavy atom. The Bertz CT molecular complexity index is 395. The van der Waals surface area contributed by atoms with E-state index in [-0.39, 0.29) is 24.3 Å². The summed E-state index contributed by atoms with van der Waals surface area (Å²) in [6, 6.07) is 7.86. The van der Waals surface area contributed by atoms with E-state index >= 15 is 0 Å². The predicted molar refractivity (Wildman–Crippen MR) is 67.7 cm³/mol. The molecule has 1 aliphatic carbocycles. The van der Waals surface area contributed by atoms with Crippen LogP contribution in [0.15, 0.2) is 28.7 Å². The van der Waals surface area contributed by atoms with Crippen molar-refractivity contribution in [2.24, 2.45) is 5.73 Å². The number of carbonyl (C=O) groups is 1. The molecule has 2 rings (SSSR count). The highest BCUT2D eigenvalue weighted by atomic mass is 79.9. The molecule has 0 heterocycles. The van der Waals surface area contributed by atoms with Gasteiger partial charge in [-0.05, 0) is 24.1 Å². The van der Waals surface area contributed by atoms with Gasteiger partial charge in [0, 0.05) is 10.4 Å². The van der Waals surface area contributed by atoms with Crippen LogP contribution < -0.4 is 5.73 Å². The molecule has 0 radical (unpaired) electrons. The maximum Gasteiger partial charge on any atom is 0.326 e. The van der Waals surface area contributed by atoms with Crippen LogP contribution in [0.4, 0.5) is 0 Å². The Morgan fingerprint density at radius 1 is 1.50 bits per heavy atom. The highest BCUT2D eigenvalue weighted by Crippen LogP contribution is 2.50. The molecular formula is C11H13BrClNO2. The molecule has 1 aromatic rings. The van der Waals surface area contributed by atoms with E-state index in [0.717, 1.165) is 10.0 Å². The summed E-state index contributed by atoms with van der Waals surface area (Å²) in [7, 11) is 1.37. The molecule has 16 heavy (non-hydrogen) atoms. The van der Waals surface area contributed by atoms with Crippen LogP contribution in [0.25, 0.3) is 0 Å². The van der Waals surface area contributed by atoms with Crippen LogP contribution in [0.1, 0.15) is 17.9 Å². The number of benzene rings is 1. The Morgan fingerprint density at radius 3 is 2.56 bits per heavy atom. The monoisotopic (exact) mass is 305 g/mol. The van der Waals surface area contributed by atoms with E-state index in [4.69, 9.17) is 5.73 Å². The number of hydrogen-bond acceptors (Lipinski definition) is 3. The Labute approximate surface area is 109 Å². The van der Waals surface area contributed by atoms with Crippen LogP contribution in [-0.4, -0.2) is 18.6 Å². The highest BCUT2D eigenvalue weighted by molar-refractivity contribution is 9.10. The minimum absolute atomic E-state index is 0. The van der Waals surface area contributed by atoms with Crippen molar-refractivity contribution in [2.75, 3.05) is 7.11 Å². The molecule has 0 saturated heterocycles. The lowest BCUT2D eigenvalue weighted by Gasteiger charge is -2.08. The lowest BCUT2D eigenvalue weighted by molar-refractivity contribution is -0.143. The summed E-state index contributed by atoms with van der Waals surface area (Å²) in [5.74, 6) is -0.228. The van der Waals surface area contributed by atoms with Crippen LogP contribution in [0.3, 0.4) is 0 Å². The molecular weight excluding hydrogens is 293 g/mol. The van der Waals surface area contributed by atoms with E-state index in [1.54, 1.807) is 0 Å². The average molecular weight is 307 g/mol. The van der Waals surface area contributed by atoms with Gasteiger partial charge in [0.15, 0.2) is 0 Å². The van der Waals surface area contributed by atoms with Gasteiger partial charge in [-0.1, -0.05) is 28.1 Å². The molecule has 0 bridgehead atoms. The summed E-state index contributed by atoms with van der Waals surface area (Å²) in [4.78, 5) is 11.4. The number of halogens is 2. The summed E-state index contributed by atoms with van der Waals surface area (Å²) in [6.07, 6.45) is 0.668. The minimum Gasteiger partial charge on any atom is -0.468 e. The molecule has 0 aliphatic heterocycles. The summed E-state index contributed by atoms with van der Waals surface area (Å²) in [6.45, 7) is 0. The van der Waals surface area contributed by atoms with E-state index in [1.807, 2.05) is 24.3 Å². The molecule has 1 fully saturated rings. The molecule has 0 aromatic heterocycles. The third-order valence-electron chi connectivity index (χ3n) is 2.84. The first kappa shape index (κ1) is 13.5. The Kier molecular flexibility index (Phi) is 3.99. The summed E-state index contributed by atoms with van der Waals surface area (Å²) in [5, 5.41) is 0. The standard InChI is InChI=1S/C11H12BrNO2.ClH/c1-15-10(14)11(13)6-9(11)7-2-4-8(12)5-3-7;/h2-5,9H,6,13H2,1H3;1H/t9-,11-;/m0./s1. The van der Waals surface area contributed by atoms with Gasteiger partial charge in [0.2, 0.25) is 0 Å². The van der Waals surface area contributed by atoms with E-state index in [0.29, 0.717) is 6.42 Å². The molecule has 1 aromatic carbocycles. The molecule has 2 N–H and O–H groups in total. The van der Waals surface area contributed by atoms with Gasteiger partial charge >= 0.3 is 5.97 Å². The van der Waals surface area contributed by atoms with Crippen molar-refractivity contribution in [3.05, 3.63) is 34.3 Å². The van der Waals surface area contributed by atoms with Crippen LogP contribution in [0.2, 0.25) is 0 Å². The molecule has 0 amide bonds. The highest BCUT2D eigenvalue weighted by Gasteiger charge is 2.58. The molecule has 5 heteroatoms. The van der Waals surface area contributed by atoms with Crippen molar-refractivity contribution in [1.82, 2.24) is 0 Å². The zero-order valence-electron chi connectivity index (χ0n) is 8.77. The maximum absolute atomic E-state index is 11.4. The molecule has 1 aliphatic rings. The maximum atomic E-state index is 11.4. The number of methoxy groups -OCH3 is 1. The van der Waals surface area contributed by atoms with Gasteiger partial charge in [-0.3, -0.25) is 4.79 Å². The quantitative estimate of drug-likeness (QED) is 0.853. The first-order valence-electron chi connectivity index (χ1n) is 4.70. The number of ether oxygens (including phenoxy) is 1. The average Bonchev–Trinajstić information content (AvgIpc) is 2.92. The number of esters is 1. The number of hydrogen-bond donors (Lipinski definition) is 1. The molecule has 0 unspecified atom stereocenters. The van der Waals surface area contributed by atoms with Gasteiger partial charge in [0.05, 0.1) is 7.11 Å². The molecule has 2 atom stereocenters. The van der Waals surface area contributed by atoms with Gasteiger partial charge in [-0.2, -0.15) is 0 Å². The minimum atomic E-state index is -0.803. The third kappa shape index (κ3) is 2.24. The van der Waals surface area contributed by atoms with E-state index in [1.165, 1.54) is 7.11 Å². The predicted octanol–water partition coefficient (Wildman–Crippen LogP) is 2.23. The van der Waals surface area contributed by atoms with Gasteiger partial charge in [0.25, 0.3) is 0 Å². The first-order valence-corrected chi connectivity index (χ1v) is 5.50. The van der Waals surface area contributed by atoms with E-state index < -0.39 is 5.54 Å². The van der Waals surface area contributed by atoms with Crippen LogP contribution >= 0.6 is 28.3 Å². The van der Waals surface area contributed by atoms with Gasteiger partial charge < -0.3 is 10.5 Å². The second kappa shape index (κ2) is 4.73. The van der Waals surface area contributed by atoms with Crippen molar-refractivity contribution in [3.8, 4) is 0 Å². The molecule has 1 saturated carbocycles. The molecule has 3 nitrogen and oxygen atoms in total. The summed E-state index contributed by atoms with van der Waals surface area (Å²) < 4.78 is 5.70. The van der Waals surface area contributed by atoms with E-state index in [2.05, 4.69) is 20.7 Å². The Balaban J connectivity index is 0.00000128. The number of rotatable bonds is 2. The van der Waals surface area contributed by atoms with Crippen LogP contribution in [0, 0.1) is 0 Å².